The van der Waals surface area contributed by atoms with Crippen LogP contribution in [0.2, 0.25) is 0 Å². The molecule has 0 spiro atoms. The average Bonchev–Trinajstić information content (AvgIpc) is 2.46. The van der Waals surface area contributed by atoms with Gasteiger partial charge in [-0.05, 0) is 24.4 Å². The monoisotopic (exact) mass is 291 g/mol. The number of aromatic nitrogens is 1. The van der Waals surface area contributed by atoms with E-state index in [1.165, 1.54) is 0 Å². The molecule has 5 heteroatoms. The first-order valence-corrected chi connectivity index (χ1v) is 6.33. The standard InChI is InChI=1S/C15H12N2OS.Na/c1-18-15(19)17-14-10-6-2-4-8-12(10)16-13-9-5-3-7-11(13)14;/h2-9H,1H3,(H,16,17,19);/q;+1. The summed E-state index contributed by atoms with van der Waals surface area (Å²) in [6.45, 7) is 0. The van der Waals surface area contributed by atoms with Crippen LogP contribution in [0.1, 0.15) is 0 Å². The zero-order chi connectivity index (χ0) is 13.2. The van der Waals surface area contributed by atoms with Crippen LogP contribution < -0.4 is 34.9 Å². The molecular weight excluding hydrogens is 279 g/mol. The van der Waals surface area contributed by atoms with Gasteiger partial charge in [0, 0.05) is 10.8 Å². The number of hydrogen-bond donors (Lipinski definition) is 1. The van der Waals surface area contributed by atoms with Crippen LogP contribution in [0, 0.1) is 0 Å². The van der Waals surface area contributed by atoms with Crippen molar-refractivity contribution < 1.29 is 34.3 Å². The molecule has 3 rings (SSSR count). The minimum atomic E-state index is 0. The second-order valence-electron chi connectivity index (χ2n) is 4.14. The van der Waals surface area contributed by atoms with E-state index in [1.807, 2.05) is 48.5 Å². The molecule has 0 amide bonds. The number of pyridine rings is 1. The van der Waals surface area contributed by atoms with Crippen molar-refractivity contribution in [1.82, 2.24) is 4.98 Å². The van der Waals surface area contributed by atoms with Gasteiger partial charge in [0.15, 0.2) is 0 Å². The van der Waals surface area contributed by atoms with Gasteiger partial charge in [-0.25, -0.2) is 4.98 Å². The summed E-state index contributed by atoms with van der Waals surface area (Å²) < 4.78 is 5.05. The molecule has 0 saturated heterocycles. The summed E-state index contributed by atoms with van der Waals surface area (Å²) in [6, 6.07) is 15.9. The Hall–Kier alpha value is -1.20. The molecule has 0 radical (unpaired) electrons. The molecule has 3 nitrogen and oxygen atoms in total. The van der Waals surface area contributed by atoms with Crippen molar-refractivity contribution in [2.75, 3.05) is 12.4 Å². The molecule has 94 valence electrons. The van der Waals surface area contributed by atoms with Gasteiger partial charge in [0.2, 0.25) is 0 Å². The summed E-state index contributed by atoms with van der Waals surface area (Å²) in [6.07, 6.45) is 0. The van der Waals surface area contributed by atoms with Crippen molar-refractivity contribution in [3.8, 4) is 0 Å². The summed E-state index contributed by atoms with van der Waals surface area (Å²) in [5.74, 6) is 0. The summed E-state index contributed by atoms with van der Waals surface area (Å²) in [5.41, 5.74) is 2.80. The van der Waals surface area contributed by atoms with Gasteiger partial charge in [0.25, 0.3) is 5.17 Å². The molecule has 2 aromatic carbocycles. The molecule has 0 bridgehead atoms. The number of benzene rings is 2. The van der Waals surface area contributed by atoms with Crippen molar-refractivity contribution in [3.05, 3.63) is 48.5 Å². The van der Waals surface area contributed by atoms with Gasteiger partial charge in [-0.1, -0.05) is 36.4 Å². The van der Waals surface area contributed by atoms with Crippen LogP contribution in [-0.2, 0) is 4.74 Å². The Morgan fingerprint density at radius 3 is 2.00 bits per heavy atom. The van der Waals surface area contributed by atoms with Crippen molar-refractivity contribution in [2.45, 2.75) is 0 Å². The van der Waals surface area contributed by atoms with Crippen LogP contribution in [0.15, 0.2) is 48.5 Å². The number of ether oxygens (including phenoxy) is 1. The van der Waals surface area contributed by atoms with Gasteiger partial charge in [-0.15, -0.1) is 0 Å². The van der Waals surface area contributed by atoms with E-state index in [0.29, 0.717) is 5.17 Å². The van der Waals surface area contributed by atoms with Gasteiger partial charge in [-0.3, -0.25) is 0 Å². The maximum Gasteiger partial charge on any atom is 1.00 e. The number of rotatable bonds is 1. The third-order valence-electron chi connectivity index (χ3n) is 3.00. The van der Waals surface area contributed by atoms with Crippen LogP contribution in [0.4, 0.5) is 5.69 Å². The first-order chi connectivity index (χ1) is 9.29. The quantitative estimate of drug-likeness (QED) is 0.407. The van der Waals surface area contributed by atoms with Gasteiger partial charge in [0.1, 0.15) is 0 Å². The molecule has 1 aromatic heterocycles. The van der Waals surface area contributed by atoms with Crippen LogP contribution in [-0.4, -0.2) is 17.3 Å². The Morgan fingerprint density at radius 1 is 1.00 bits per heavy atom. The molecule has 1 N–H and O–H groups in total. The van der Waals surface area contributed by atoms with Gasteiger partial charge < -0.3 is 10.1 Å². The summed E-state index contributed by atoms with van der Waals surface area (Å²) in [5, 5.41) is 5.55. The van der Waals surface area contributed by atoms with E-state index < -0.39 is 0 Å². The van der Waals surface area contributed by atoms with Crippen molar-refractivity contribution >= 4 is 44.9 Å². The Morgan fingerprint density at radius 2 is 1.50 bits per heavy atom. The molecule has 0 aliphatic heterocycles. The molecule has 1 heterocycles. The predicted octanol–water partition coefficient (Wildman–Crippen LogP) is 0.735. The van der Waals surface area contributed by atoms with Gasteiger partial charge >= 0.3 is 29.6 Å². The largest absolute Gasteiger partial charge is 1.00 e. The molecule has 0 fully saturated rings. The van der Waals surface area contributed by atoms with E-state index in [4.69, 9.17) is 17.0 Å². The third-order valence-corrected chi connectivity index (χ3v) is 3.27. The number of para-hydroxylation sites is 2. The maximum atomic E-state index is 5.11. The zero-order valence-corrected chi connectivity index (χ0v) is 14.2. The topological polar surface area (TPSA) is 34.1 Å². The molecule has 0 aliphatic rings. The molecule has 3 aromatic rings. The van der Waals surface area contributed by atoms with Gasteiger partial charge in [-0.2, -0.15) is 0 Å². The van der Waals surface area contributed by atoms with E-state index in [1.54, 1.807) is 7.11 Å². The average molecular weight is 291 g/mol. The Balaban J connectivity index is 0.00000147. The first kappa shape index (κ1) is 15.2. The van der Waals surface area contributed by atoms with E-state index in [0.717, 1.165) is 27.5 Å². The summed E-state index contributed by atoms with van der Waals surface area (Å²) in [7, 11) is 1.56. The predicted molar refractivity (Wildman–Crippen MR) is 82.5 cm³/mol. The number of nitrogens with one attached hydrogen (secondary N) is 1. The first-order valence-electron chi connectivity index (χ1n) is 5.92. The number of anilines is 1. The fraction of sp³-hybridized carbons (Fsp3) is 0.0667. The minimum Gasteiger partial charge on any atom is -0.474 e. The van der Waals surface area contributed by atoms with E-state index >= 15 is 0 Å². The van der Waals surface area contributed by atoms with Crippen molar-refractivity contribution in [1.29, 1.82) is 0 Å². The number of thiocarbonyl (C=S) groups is 1. The second kappa shape index (κ2) is 6.50. The normalized spacial score (nSPS) is 10.1. The van der Waals surface area contributed by atoms with E-state index in [-0.39, 0.29) is 29.6 Å². The third kappa shape index (κ3) is 2.79. The van der Waals surface area contributed by atoms with Crippen molar-refractivity contribution in [2.24, 2.45) is 0 Å². The fourth-order valence-electron chi connectivity index (χ4n) is 2.13. The molecular formula is C15H12N2NaOS+. The fourth-order valence-corrected chi connectivity index (χ4v) is 2.23. The number of methoxy groups -OCH3 is 1. The molecule has 0 aliphatic carbocycles. The SMILES string of the molecule is COC(=S)Nc1c2ccccc2nc2ccccc12.[Na+]. The maximum absolute atomic E-state index is 5.11. The van der Waals surface area contributed by atoms with E-state index in [9.17, 15) is 0 Å². The molecule has 20 heavy (non-hydrogen) atoms. The molecule has 0 atom stereocenters. The van der Waals surface area contributed by atoms with Crippen LogP contribution >= 0.6 is 12.2 Å². The smallest absolute Gasteiger partial charge is 0.474 e. The van der Waals surface area contributed by atoms with Crippen LogP contribution in [0.25, 0.3) is 21.8 Å². The van der Waals surface area contributed by atoms with Crippen LogP contribution in [0.5, 0.6) is 0 Å². The zero-order valence-electron chi connectivity index (χ0n) is 11.4. The number of nitrogens with zero attached hydrogens (tertiary/aromatic N) is 1. The van der Waals surface area contributed by atoms with E-state index in [2.05, 4.69) is 10.3 Å². The Bertz CT molecular complexity index is 722. The molecule has 0 unspecified atom stereocenters. The van der Waals surface area contributed by atoms with Crippen LogP contribution in [0.3, 0.4) is 0 Å². The Labute approximate surface area is 144 Å². The van der Waals surface area contributed by atoms with Crippen molar-refractivity contribution in [3.63, 3.8) is 0 Å². The molecule has 0 saturated carbocycles. The number of hydrogen-bond acceptors (Lipinski definition) is 3. The second-order valence-corrected chi connectivity index (χ2v) is 4.51. The number of fused-ring (bicyclic) bond motifs is 2. The minimum absolute atomic E-state index is 0. The summed E-state index contributed by atoms with van der Waals surface area (Å²) in [4.78, 5) is 4.65. The summed E-state index contributed by atoms with van der Waals surface area (Å²) >= 11 is 5.11. The Kier molecular flexibility index (Phi) is 4.94. The van der Waals surface area contributed by atoms with Gasteiger partial charge in [0.05, 0.1) is 23.8 Å².